The maximum atomic E-state index is 10.8. The van der Waals surface area contributed by atoms with Gasteiger partial charge in [-0.2, -0.15) is 0 Å². The number of hydrogen-bond acceptors (Lipinski definition) is 5. The molecule has 100 valence electrons. The average molecular weight is 273 g/mol. The van der Waals surface area contributed by atoms with Crippen LogP contribution in [0.2, 0.25) is 0 Å². The zero-order valence-electron chi connectivity index (χ0n) is 10.2. The normalized spacial score (nSPS) is 12.3. The van der Waals surface area contributed by atoms with Crippen molar-refractivity contribution in [1.82, 2.24) is 9.55 Å². The number of nitro groups is 1. The molecule has 1 aromatic heterocycles. The third-order valence-electron chi connectivity index (χ3n) is 2.50. The first kappa shape index (κ1) is 14.5. The molecule has 0 radical (unpaired) electrons. The highest BCUT2D eigenvalue weighted by atomic mass is 32.2. The fourth-order valence-electron chi connectivity index (χ4n) is 1.53. The summed E-state index contributed by atoms with van der Waals surface area (Å²) in [5.74, 6) is 0.157. The Bertz CT molecular complexity index is 446. The number of rotatable bonds is 7. The molecule has 1 aromatic rings. The van der Waals surface area contributed by atoms with Crippen LogP contribution in [0.1, 0.15) is 19.2 Å². The van der Waals surface area contributed by atoms with E-state index in [0.717, 1.165) is 0 Å². The number of thioether (sulfide) groups is 1. The SMILES string of the molecule is CCC(SCCn1c([N+](=O)[O-])cnc1C)C(=O)O. The summed E-state index contributed by atoms with van der Waals surface area (Å²) in [6.45, 7) is 3.87. The van der Waals surface area contributed by atoms with E-state index in [0.29, 0.717) is 24.5 Å². The minimum absolute atomic E-state index is 0.0588. The molecule has 1 rings (SSSR count). The number of carboxylic acids is 1. The summed E-state index contributed by atoms with van der Waals surface area (Å²) >= 11 is 1.29. The van der Waals surface area contributed by atoms with Crippen LogP contribution in [-0.4, -0.2) is 36.6 Å². The van der Waals surface area contributed by atoms with Gasteiger partial charge in [0.15, 0.2) is 5.82 Å². The van der Waals surface area contributed by atoms with E-state index < -0.39 is 16.1 Å². The van der Waals surface area contributed by atoms with Crippen LogP contribution in [0.5, 0.6) is 0 Å². The van der Waals surface area contributed by atoms with E-state index in [4.69, 9.17) is 5.11 Å². The summed E-state index contributed by atoms with van der Waals surface area (Å²) in [4.78, 5) is 25.0. The van der Waals surface area contributed by atoms with Gasteiger partial charge in [0.25, 0.3) is 0 Å². The minimum Gasteiger partial charge on any atom is -0.480 e. The van der Waals surface area contributed by atoms with E-state index in [2.05, 4.69) is 4.98 Å². The van der Waals surface area contributed by atoms with E-state index in [1.165, 1.54) is 22.5 Å². The number of aromatic nitrogens is 2. The molecule has 1 unspecified atom stereocenters. The van der Waals surface area contributed by atoms with Crippen molar-refractivity contribution in [2.45, 2.75) is 32.1 Å². The molecule has 0 amide bonds. The van der Waals surface area contributed by atoms with Crippen molar-refractivity contribution in [3.05, 3.63) is 22.1 Å². The summed E-state index contributed by atoms with van der Waals surface area (Å²) in [7, 11) is 0. The molecule has 1 heterocycles. The van der Waals surface area contributed by atoms with Crippen LogP contribution in [-0.2, 0) is 11.3 Å². The Labute approximate surface area is 108 Å². The Balaban J connectivity index is 2.61. The second-order valence-electron chi connectivity index (χ2n) is 3.68. The van der Waals surface area contributed by atoms with E-state index >= 15 is 0 Å². The Morgan fingerprint density at radius 1 is 1.72 bits per heavy atom. The van der Waals surface area contributed by atoms with Gasteiger partial charge in [-0.15, -0.1) is 11.8 Å². The molecule has 8 heteroatoms. The molecule has 0 saturated heterocycles. The molecular weight excluding hydrogens is 258 g/mol. The van der Waals surface area contributed by atoms with Gasteiger partial charge < -0.3 is 15.2 Å². The van der Waals surface area contributed by atoms with Gasteiger partial charge in [-0.1, -0.05) is 6.92 Å². The summed E-state index contributed by atoms with van der Waals surface area (Å²) in [5.41, 5.74) is 0. The minimum atomic E-state index is -0.848. The quantitative estimate of drug-likeness (QED) is 0.599. The van der Waals surface area contributed by atoms with Crippen molar-refractivity contribution in [2.24, 2.45) is 0 Å². The second kappa shape index (κ2) is 6.39. The standard InChI is InChI=1S/C10H15N3O4S/c1-3-8(10(14)15)18-5-4-12-7(2)11-6-9(12)13(16)17/h6,8H,3-5H2,1-2H3,(H,14,15). The van der Waals surface area contributed by atoms with E-state index in [1.54, 1.807) is 13.8 Å². The highest BCUT2D eigenvalue weighted by Gasteiger charge is 2.19. The van der Waals surface area contributed by atoms with E-state index in [9.17, 15) is 14.9 Å². The third kappa shape index (κ3) is 3.46. The van der Waals surface area contributed by atoms with Gasteiger partial charge in [-0.3, -0.25) is 4.79 Å². The van der Waals surface area contributed by atoms with Crippen molar-refractivity contribution in [1.29, 1.82) is 0 Å². The molecule has 0 aliphatic heterocycles. The molecule has 1 atom stereocenters. The van der Waals surface area contributed by atoms with Crippen LogP contribution in [0.25, 0.3) is 0 Å². The highest BCUT2D eigenvalue weighted by molar-refractivity contribution is 8.00. The van der Waals surface area contributed by atoms with Crippen molar-refractivity contribution in [2.75, 3.05) is 5.75 Å². The monoisotopic (exact) mass is 273 g/mol. The topological polar surface area (TPSA) is 98.3 Å². The number of hydrogen-bond donors (Lipinski definition) is 1. The summed E-state index contributed by atoms with van der Waals surface area (Å²) < 4.78 is 1.49. The fourth-order valence-corrected chi connectivity index (χ4v) is 2.48. The van der Waals surface area contributed by atoms with Crippen LogP contribution in [0.15, 0.2) is 6.20 Å². The molecule has 0 aliphatic carbocycles. The number of carbonyl (C=O) groups is 1. The Hall–Kier alpha value is -1.57. The Morgan fingerprint density at radius 3 is 2.89 bits per heavy atom. The molecular formula is C10H15N3O4S. The lowest BCUT2D eigenvalue weighted by atomic mass is 10.3. The maximum absolute atomic E-state index is 10.8. The van der Waals surface area contributed by atoms with Crippen molar-refractivity contribution < 1.29 is 14.8 Å². The fraction of sp³-hybridized carbons (Fsp3) is 0.600. The van der Waals surface area contributed by atoms with Crippen LogP contribution in [0, 0.1) is 17.0 Å². The predicted molar refractivity (Wildman–Crippen MR) is 67.8 cm³/mol. The Morgan fingerprint density at radius 2 is 2.39 bits per heavy atom. The summed E-state index contributed by atoms with van der Waals surface area (Å²) in [6.07, 6.45) is 1.75. The zero-order valence-corrected chi connectivity index (χ0v) is 11.0. The van der Waals surface area contributed by atoms with Gasteiger partial charge in [-0.05, 0) is 11.3 Å². The molecule has 0 spiro atoms. The van der Waals surface area contributed by atoms with E-state index in [-0.39, 0.29) is 5.82 Å². The second-order valence-corrected chi connectivity index (χ2v) is 4.99. The number of aryl methyl sites for hydroxylation is 1. The number of imidazole rings is 1. The third-order valence-corrected chi connectivity index (χ3v) is 3.86. The average Bonchev–Trinajstić information content (AvgIpc) is 2.66. The lowest BCUT2D eigenvalue weighted by Crippen LogP contribution is -2.17. The molecule has 0 aromatic carbocycles. The summed E-state index contributed by atoms with van der Waals surface area (Å²) in [6, 6.07) is 0. The van der Waals surface area contributed by atoms with Gasteiger partial charge in [-0.25, -0.2) is 9.55 Å². The van der Waals surface area contributed by atoms with Gasteiger partial charge in [0.05, 0.1) is 0 Å². The van der Waals surface area contributed by atoms with Crippen LogP contribution < -0.4 is 0 Å². The highest BCUT2D eigenvalue weighted by Crippen LogP contribution is 2.18. The van der Waals surface area contributed by atoms with Crippen molar-refractivity contribution in [3.8, 4) is 0 Å². The van der Waals surface area contributed by atoms with E-state index in [1.807, 2.05) is 0 Å². The lowest BCUT2D eigenvalue weighted by Gasteiger charge is -2.08. The van der Waals surface area contributed by atoms with Gasteiger partial charge in [0.1, 0.15) is 18.0 Å². The van der Waals surface area contributed by atoms with Crippen LogP contribution in [0.4, 0.5) is 5.82 Å². The first-order valence-corrected chi connectivity index (χ1v) is 6.53. The molecule has 1 N–H and O–H groups in total. The van der Waals surface area contributed by atoms with Crippen molar-refractivity contribution in [3.63, 3.8) is 0 Å². The molecule has 0 bridgehead atoms. The predicted octanol–water partition coefficient (Wildman–Crippen LogP) is 1.70. The molecule has 0 saturated carbocycles. The first-order valence-electron chi connectivity index (χ1n) is 5.48. The molecule has 0 aliphatic rings. The Kier molecular flexibility index (Phi) is 5.14. The number of aliphatic carboxylic acids is 1. The maximum Gasteiger partial charge on any atom is 0.342 e. The summed E-state index contributed by atoms with van der Waals surface area (Å²) in [5, 5.41) is 19.2. The largest absolute Gasteiger partial charge is 0.480 e. The number of carboxylic acid groups (broad SMARTS) is 1. The van der Waals surface area contributed by atoms with Crippen LogP contribution >= 0.6 is 11.8 Å². The lowest BCUT2D eigenvalue weighted by molar-refractivity contribution is -0.392. The molecule has 0 fully saturated rings. The number of nitrogens with zero attached hydrogens (tertiary/aromatic N) is 3. The van der Waals surface area contributed by atoms with Crippen LogP contribution in [0.3, 0.4) is 0 Å². The van der Waals surface area contributed by atoms with Crippen molar-refractivity contribution >= 4 is 23.5 Å². The molecule has 18 heavy (non-hydrogen) atoms. The molecule has 7 nitrogen and oxygen atoms in total. The zero-order chi connectivity index (χ0) is 13.7. The van der Waals surface area contributed by atoms with Gasteiger partial charge in [0.2, 0.25) is 0 Å². The smallest absolute Gasteiger partial charge is 0.342 e. The van der Waals surface area contributed by atoms with Gasteiger partial charge in [0, 0.05) is 12.7 Å². The van der Waals surface area contributed by atoms with Gasteiger partial charge >= 0.3 is 11.8 Å². The first-order chi connectivity index (χ1) is 8.47.